The van der Waals surface area contributed by atoms with Gasteiger partial charge >= 0.3 is 0 Å². The first-order chi connectivity index (χ1) is 14.4. The average molecular weight is 432 g/mol. The molecule has 0 atom stereocenters. The lowest BCUT2D eigenvalue weighted by molar-refractivity contribution is -0.121. The van der Waals surface area contributed by atoms with Crippen LogP contribution in [0.1, 0.15) is 13.8 Å². The van der Waals surface area contributed by atoms with Crippen LogP contribution in [-0.2, 0) is 9.59 Å². The second-order valence-corrected chi connectivity index (χ2v) is 7.56. The summed E-state index contributed by atoms with van der Waals surface area (Å²) < 4.78 is 28.4. The molecule has 0 saturated carbocycles. The summed E-state index contributed by atoms with van der Waals surface area (Å²) in [5.74, 6) is -2.51. The largest absolute Gasteiger partial charge is 0.320 e. The summed E-state index contributed by atoms with van der Waals surface area (Å²) in [6.45, 7) is 4.31. The zero-order valence-corrected chi connectivity index (χ0v) is 17.5. The third-order valence-electron chi connectivity index (χ3n) is 4.53. The first-order valence-electron chi connectivity index (χ1n) is 9.55. The Balaban J connectivity index is 1.66. The maximum Gasteiger partial charge on any atom is 0.242 e. The van der Waals surface area contributed by atoms with Crippen LogP contribution < -0.4 is 10.2 Å². The van der Waals surface area contributed by atoms with Gasteiger partial charge in [-0.2, -0.15) is 0 Å². The maximum atomic E-state index is 13.7. The number of anilines is 2. The molecule has 0 bridgehead atoms. The summed E-state index contributed by atoms with van der Waals surface area (Å²) in [6.07, 6.45) is 0. The molecule has 0 fully saturated rings. The minimum Gasteiger partial charge on any atom is -0.320 e. The number of carbonyl (C=O) groups excluding carboxylic acids is 2. The number of nitrogens with zero attached hydrogens (tertiary/aromatic N) is 3. The highest BCUT2D eigenvalue weighted by Gasteiger charge is 2.22. The molecule has 0 radical (unpaired) electrons. The summed E-state index contributed by atoms with van der Waals surface area (Å²) in [6, 6.07) is 11.0. The molecule has 6 nitrogen and oxygen atoms in total. The number of amides is 2. The van der Waals surface area contributed by atoms with Crippen LogP contribution in [0.3, 0.4) is 0 Å². The molecule has 30 heavy (non-hydrogen) atoms. The molecule has 1 aromatic heterocycles. The molecule has 9 heteroatoms. The van der Waals surface area contributed by atoms with E-state index in [2.05, 4.69) is 10.3 Å². The zero-order valence-electron chi connectivity index (χ0n) is 16.7. The van der Waals surface area contributed by atoms with Crippen molar-refractivity contribution in [1.29, 1.82) is 0 Å². The average Bonchev–Trinajstić information content (AvgIpc) is 3.14. The Bertz CT molecular complexity index is 1000. The quantitative estimate of drug-likeness (QED) is 0.587. The Kier molecular flexibility index (Phi) is 7.07. The number of carbonyl (C=O) groups is 2. The summed E-state index contributed by atoms with van der Waals surface area (Å²) in [5, 5.41) is 2.84. The molecular weight excluding hydrogens is 410 g/mol. The van der Waals surface area contributed by atoms with Gasteiger partial charge in [0.1, 0.15) is 17.3 Å². The van der Waals surface area contributed by atoms with Gasteiger partial charge in [0.05, 0.1) is 23.3 Å². The molecule has 0 spiro atoms. The molecule has 0 aliphatic carbocycles. The van der Waals surface area contributed by atoms with Crippen molar-refractivity contribution in [3.63, 3.8) is 0 Å². The fraction of sp³-hybridized carbons (Fsp3) is 0.286. The van der Waals surface area contributed by atoms with Crippen LogP contribution >= 0.6 is 11.3 Å². The topological polar surface area (TPSA) is 65.5 Å². The summed E-state index contributed by atoms with van der Waals surface area (Å²) in [7, 11) is 0. The van der Waals surface area contributed by atoms with Gasteiger partial charge in [-0.3, -0.25) is 19.4 Å². The number of para-hydroxylation sites is 2. The van der Waals surface area contributed by atoms with Crippen LogP contribution in [0, 0.1) is 11.6 Å². The standard InChI is InChI=1S/C21H22F2N4O2S/c1-3-26(12-18(28)25-20-14(22)8-7-9-15(20)23)13-19(29)27(4-2)21-24-16-10-5-6-11-17(16)30-21/h5-11H,3-4,12-13H2,1-2H3,(H,25,28). The van der Waals surface area contributed by atoms with Gasteiger partial charge in [-0.25, -0.2) is 13.8 Å². The molecule has 1 heterocycles. The van der Waals surface area contributed by atoms with Crippen LogP contribution in [0.15, 0.2) is 42.5 Å². The highest BCUT2D eigenvalue weighted by molar-refractivity contribution is 7.22. The van der Waals surface area contributed by atoms with E-state index in [4.69, 9.17) is 0 Å². The van der Waals surface area contributed by atoms with Crippen molar-refractivity contribution >= 4 is 44.2 Å². The predicted molar refractivity (Wildman–Crippen MR) is 115 cm³/mol. The Morgan fingerprint density at radius 3 is 2.33 bits per heavy atom. The first-order valence-corrected chi connectivity index (χ1v) is 10.4. The van der Waals surface area contributed by atoms with Gasteiger partial charge in [0.25, 0.3) is 0 Å². The molecular formula is C21H22F2N4O2S. The van der Waals surface area contributed by atoms with Crippen molar-refractivity contribution < 1.29 is 18.4 Å². The van der Waals surface area contributed by atoms with E-state index in [9.17, 15) is 18.4 Å². The molecule has 3 aromatic rings. The maximum absolute atomic E-state index is 13.7. The van der Waals surface area contributed by atoms with Crippen molar-refractivity contribution in [1.82, 2.24) is 9.88 Å². The number of hydrogen-bond donors (Lipinski definition) is 1. The van der Waals surface area contributed by atoms with Crippen LogP contribution in [0.5, 0.6) is 0 Å². The normalized spacial score (nSPS) is 11.1. The van der Waals surface area contributed by atoms with Gasteiger partial charge in [0.2, 0.25) is 11.8 Å². The number of benzene rings is 2. The Morgan fingerprint density at radius 1 is 1.00 bits per heavy atom. The van der Waals surface area contributed by atoms with Crippen molar-refractivity contribution in [3.8, 4) is 0 Å². The summed E-state index contributed by atoms with van der Waals surface area (Å²) >= 11 is 1.42. The molecule has 3 rings (SSSR count). The number of thiazole rings is 1. The van der Waals surface area contributed by atoms with E-state index in [0.717, 1.165) is 22.3 Å². The molecule has 2 amide bonds. The van der Waals surface area contributed by atoms with E-state index in [1.54, 1.807) is 16.7 Å². The second kappa shape index (κ2) is 9.73. The summed E-state index contributed by atoms with van der Waals surface area (Å²) in [5.41, 5.74) is 0.330. The van der Waals surface area contributed by atoms with Gasteiger partial charge in [-0.05, 0) is 37.7 Å². The molecule has 2 aromatic carbocycles. The molecule has 0 aliphatic rings. The number of likely N-dealkylation sites (N-methyl/N-ethyl adjacent to an activating group) is 2. The van der Waals surface area contributed by atoms with E-state index in [1.165, 1.54) is 17.4 Å². The highest BCUT2D eigenvalue weighted by Crippen LogP contribution is 2.28. The number of halogens is 2. The smallest absolute Gasteiger partial charge is 0.242 e. The van der Waals surface area contributed by atoms with E-state index < -0.39 is 23.2 Å². The molecule has 158 valence electrons. The van der Waals surface area contributed by atoms with E-state index in [-0.39, 0.29) is 19.0 Å². The van der Waals surface area contributed by atoms with Crippen LogP contribution in [0.4, 0.5) is 19.6 Å². The Hall–Kier alpha value is -2.91. The molecule has 0 unspecified atom stereocenters. The highest BCUT2D eigenvalue weighted by atomic mass is 32.1. The lowest BCUT2D eigenvalue weighted by Crippen LogP contribution is -2.43. The number of fused-ring (bicyclic) bond motifs is 1. The number of aromatic nitrogens is 1. The van der Waals surface area contributed by atoms with Crippen LogP contribution in [0.2, 0.25) is 0 Å². The second-order valence-electron chi connectivity index (χ2n) is 6.55. The fourth-order valence-electron chi connectivity index (χ4n) is 2.95. The minimum atomic E-state index is -0.851. The van der Waals surface area contributed by atoms with Gasteiger partial charge in [-0.15, -0.1) is 0 Å². The Morgan fingerprint density at radius 2 is 1.70 bits per heavy atom. The third-order valence-corrected chi connectivity index (χ3v) is 5.59. The minimum absolute atomic E-state index is 0.0204. The van der Waals surface area contributed by atoms with E-state index in [1.807, 2.05) is 31.2 Å². The van der Waals surface area contributed by atoms with Crippen molar-refractivity contribution in [2.45, 2.75) is 13.8 Å². The van der Waals surface area contributed by atoms with Gasteiger partial charge in [-0.1, -0.05) is 36.5 Å². The molecule has 1 N–H and O–H groups in total. The lowest BCUT2D eigenvalue weighted by Gasteiger charge is -2.24. The lowest BCUT2D eigenvalue weighted by atomic mass is 10.3. The first kappa shape index (κ1) is 21.8. The molecule has 0 saturated heterocycles. The Labute approximate surface area is 177 Å². The SMILES string of the molecule is CCN(CC(=O)Nc1c(F)cccc1F)CC(=O)N(CC)c1nc2ccccc2s1. The fourth-order valence-corrected chi connectivity index (χ4v) is 4.00. The van der Waals surface area contributed by atoms with Crippen molar-refractivity contribution in [2.75, 3.05) is 36.4 Å². The summed E-state index contributed by atoms with van der Waals surface area (Å²) in [4.78, 5) is 32.8. The number of hydrogen-bond acceptors (Lipinski definition) is 5. The van der Waals surface area contributed by atoms with Gasteiger partial charge in [0.15, 0.2) is 5.13 Å². The van der Waals surface area contributed by atoms with Crippen LogP contribution in [0.25, 0.3) is 10.2 Å². The monoisotopic (exact) mass is 432 g/mol. The van der Waals surface area contributed by atoms with Crippen molar-refractivity contribution in [2.24, 2.45) is 0 Å². The predicted octanol–water partition coefficient (Wildman–Crippen LogP) is 3.89. The van der Waals surface area contributed by atoms with Crippen LogP contribution in [-0.4, -0.2) is 47.9 Å². The number of nitrogens with one attached hydrogen (secondary N) is 1. The zero-order chi connectivity index (χ0) is 21.7. The molecule has 0 aliphatic heterocycles. The van der Waals surface area contributed by atoms with E-state index in [0.29, 0.717) is 18.2 Å². The van der Waals surface area contributed by atoms with Gasteiger partial charge < -0.3 is 5.32 Å². The van der Waals surface area contributed by atoms with Gasteiger partial charge in [0, 0.05) is 6.54 Å². The number of rotatable bonds is 8. The van der Waals surface area contributed by atoms with Crippen molar-refractivity contribution in [3.05, 3.63) is 54.1 Å². The van der Waals surface area contributed by atoms with E-state index >= 15 is 0 Å². The third kappa shape index (κ3) is 4.98.